The molecule has 0 saturated carbocycles. The molecule has 7 nitrogen and oxygen atoms in total. The molecule has 0 spiro atoms. The van der Waals surface area contributed by atoms with Crippen molar-refractivity contribution in [2.75, 3.05) is 19.0 Å². The Kier molecular flexibility index (Phi) is 6.74. The number of hydrogen-bond acceptors (Lipinski definition) is 4. The van der Waals surface area contributed by atoms with Crippen LogP contribution in [0.4, 0.5) is 10.5 Å². The quantitative estimate of drug-likeness (QED) is 0.607. The number of nitrogens with zero attached hydrogens (tertiary/aromatic N) is 2. The van der Waals surface area contributed by atoms with Crippen LogP contribution in [0.15, 0.2) is 47.3 Å². The van der Waals surface area contributed by atoms with E-state index in [1.165, 1.54) is 4.57 Å². The Morgan fingerprint density at radius 2 is 1.97 bits per heavy atom. The maximum atomic E-state index is 12.9. The van der Waals surface area contributed by atoms with Gasteiger partial charge in [-0.25, -0.2) is 9.78 Å². The Labute approximate surface area is 177 Å². The number of fused-ring (bicyclic) bond motifs is 1. The highest BCUT2D eigenvalue weighted by Crippen LogP contribution is 2.29. The van der Waals surface area contributed by atoms with Gasteiger partial charge in [0.2, 0.25) is 0 Å². The van der Waals surface area contributed by atoms with E-state index < -0.39 is 12.1 Å². The number of anilines is 1. The first-order chi connectivity index (χ1) is 13.9. The molecule has 3 aromatic rings. The summed E-state index contributed by atoms with van der Waals surface area (Å²) in [5.41, 5.74) is 0.759. The monoisotopic (exact) mass is 434 g/mol. The second-order valence-electron chi connectivity index (χ2n) is 6.36. The number of amides is 2. The van der Waals surface area contributed by atoms with Crippen molar-refractivity contribution >= 4 is 45.8 Å². The molecule has 29 heavy (non-hydrogen) atoms. The Balaban J connectivity index is 1.89. The molecule has 3 rings (SSSR count). The molecule has 152 valence electrons. The minimum absolute atomic E-state index is 0.186. The summed E-state index contributed by atoms with van der Waals surface area (Å²) >= 11 is 12.1. The fourth-order valence-corrected chi connectivity index (χ4v) is 3.28. The van der Waals surface area contributed by atoms with Crippen molar-refractivity contribution in [3.63, 3.8) is 0 Å². The summed E-state index contributed by atoms with van der Waals surface area (Å²) in [6.45, 7) is 2.40. The fourth-order valence-electron chi connectivity index (χ4n) is 2.93. The van der Waals surface area contributed by atoms with Gasteiger partial charge in [0.05, 0.1) is 45.8 Å². The van der Waals surface area contributed by atoms with Crippen molar-refractivity contribution in [2.45, 2.75) is 19.5 Å². The van der Waals surface area contributed by atoms with Crippen LogP contribution in [0.5, 0.6) is 0 Å². The van der Waals surface area contributed by atoms with E-state index in [0.29, 0.717) is 40.6 Å². The van der Waals surface area contributed by atoms with E-state index in [-0.39, 0.29) is 10.6 Å². The molecule has 0 aliphatic rings. The van der Waals surface area contributed by atoms with Gasteiger partial charge >= 0.3 is 6.03 Å². The summed E-state index contributed by atoms with van der Waals surface area (Å²) in [6.07, 6.45) is 0. The first-order valence-corrected chi connectivity index (χ1v) is 9.68. The number of methoxy groups -OCH3 is 1. The second-order valence-corrected chi connectivity index (χ2v) is 7.14. The molecule has 0 saturated heterocycles. The van der Waals surface area contributed by atoms with Crippen LogP contribution in [0.1, 0.15) is 18.8 Å². The third-order valence-electron chi connectivity index (χ3n) is 4.34. The van der Waals surface area contributed by atoms with Crippen LogP contribution in [0.2, 0.25) is 10.0 Å². The first-order valence-electron chi connectivity index (χ1n) is 8.92. The third-order valence-corrected chi connectivity index (χ3v) is 5.16. The molecule has 1 atom stereocenters. The molecule has 0 radical (unpaired) electrons. The van der Waals surface area contributed by atoms with Gasteiger partial charge in [-0.3, -0.25) is 9.36 Å². The molecule has 0 bridgehead atoms. The van der Waals surface area contributed by atoms with E-state index in [0.717, 1.165) is 0 Å². The number of ether oxygens (including phenoxy) is 1. The van der Waals surface area contributed by atoms with Gasteiger partial charge in [-0.05, 0) is 31.2 Å². The summed E-state index contributed by atoms with van der Waals surface area (Å²) in [5, 5.41) is 6.54. The van der Waals surface area contributed by atoms with Crippen molar-refractivity contribution in [3.05, 3.63) is 68.7 Å². The number of hydrogen-bond donors (Lipinski definition) is 2. The molecule has 2 aromatic carbocycles. The summed E-state index contributed by atoms with van der Waals surface area (Å²) in [5.74, 6) is 0.429. The number of halogens is 2. The first kappa shape index (κ1) is 21.1. The number of nitrogens with one attached hydrogen (secondary N) is 2. The number of rotatable bonds is 6. The molecule has 2 amide bonds. The zero-order valence-corrected chi connectivity index (χ0v) is 17.4. The van der Waals surface area contributed by atoms with Crippen LogP contribution in [0.25, 0.3) is 10.9 Å². The third kappa shape index (κ3) is 4.70. The summed E-state index contributed by atoms with van der Waals surface area (Å²) in [4.78, 5) is 30.0. The lowest BCUT2D eigenvalue weighted by Gasteiger charge is -2.20. The van der Waals surface area contributed by atoms with E-state index in [1.807, 2.05) is 6.07 Å². The van der Waals surface area contributed by atoms with Crippen molar-refractivity contribution in [1.82, 2.24) is 14.9 Å². The highest BCUT2D eigenvalue weighted by atomic mass is 35.5. The van der Waals surface area contributed by atoms with Gasteiger partial charge in [0.15, 0.2) is 0 Å². The number of para-hydroxylation sites is 1. The van der Waals surface area contributed by atoms with E-state index in [9.17, 15) is 9.59 Å². The minimum Gasteiger partial charge on any atom is -0.383 e. The van der Waals surface area contributed by atoms with Gasteiger partial charge in [-0.2, -0.15) is 0 Å². The minimum atomic E-state index is -0.554. The Morgan fingerprint density at radius 1 is 1.21 bits per heavy atom. The van der Waals surface area contributed by atoms with Crippen molar-refractivity contribution in [3.8, 4) is 0 Å². The van der Waals surface area contributed by atoms with Gasteiger partial charge in [-0.15, -0.1) is 0 Å². The number of carbonyl (C=O) groups is 1. The van der Waals surface area contributed by atoms with Crippen LogP contribution in [-0.4, -0.2) is 29.3 Å². The van der Waals surface area contributed by atoms with Crippen molar-refractivity contribution in [2.24, 2.45) is 0 Å². The smallest absolute Gasteiger partial charge is 0.319 e. The lowest BCUT2D eigenvalue weighted by molar-refractivity contribution is 0.184. The Bertz CT molecular complexity index is 1100. The van der Waals surface area contributed by atoms with E-state index in [2.05, 4.69) is 15.6 Å². The topological polar surface area (TPSA) is 85.2 Å². The highest BCUT2D eigenvalue weighted by molar-refractivity contribution is 6.43. The van der Waals surface area contributed by atoms with Crippen molar-refractivity contribution < 1.29 is 9.53 Å². The maximum absolute atomic E-state index is 12.9. The SMILES string of the molecule is COCCn1c(C(C)NC(=O)Nc2cccc(Cl)c2Cl)nc2ccccc2c1=O. The highest BCUT2D eigenvalue weighted by Gasteiger charge is 2.19. The summed E-state index contributed by atoms with van der Waals surface area (Å²) in [6, 6.07) is 11.0. The molecule has 1 aromatic heterocycles. The lowest BCUT2D eigenvalue weighted by Crippen LogP contribution is -2.36. The molecular formula is C20H20Cl2N4O3. The van der Waals surface area contributed by atoms with Gasteiger partial charge < -0.3 is 15.4 Å². The maximum Gasteiger partial charge on any atom is 0.319 e. The predicted octanol–water partition coefficient (Wildman–Crippen LogP) is 4.23. The van der Waals surface area contributed by atoms with E-state index >= 15 is 0 Å². The van der Waals surface area contributed by atoms with Crippen LogP contribution >= 0.6 is 23.2 Å². The Hall–Kier alpha value is -2.61. The normalized spacial score (nSPS) is 12.0. The molecular weight excluding hydrogens is 415 g/mol. The molecule has 0 aliphatic carbocycles. The summed E-state index contributed by atoms with van der Waals surface area (Å²) < 4.78 is 6.63. The molecule has 2 N–H and O–H groups in total. The van der Waals surface area contributed by atoms with Crippen LogP contribution in [-0.2, 0) is 11.3 Å². The number of benzene rings is 2. The average molecular weight is 435 g/mol. The number of aromatic nitrogens is 2. The van der Waals surface area contributed by atoms with Gasteiger partial charge in [0, 0.05) is 7.11 Å². The molecule has 0 fully saturated rings. The largest absolute Gasteiger partial charge is 0.383 e. The van der Waals surface area contributed by atoms with Gasteiger partial charge in [-0.1, -0.05) is 41.4 Å². The molecule has 1 unspecified atom stereocenters. The second kappa shape index (κ2) is 9.26. The van der Waals surface area contributed by atoms with Crippen molar-refractivity contribution in [1.29, 1.82) is 0 Å². The zero-order valence-electron chi connectivity index (χ0n) is 15.9. The summed E-state index contributed by atoms with van der Waals surface area (Å²) in [7, 11) is 1.56. The standard InChI is InChI=1S/C20H20Cl2N4O3/c1-12(23-20(28)25-16-9-5-7-14(21)17(16)22)18-24-15-8-4-3-6-13(15)19(27)26(18)10-11-29-2/h3-9,12H,10-11H2,1-2H3,(H2,23,25,28). The van der Waals surface area contributed by atoms with Gasteiger partial charge in [0.1, 0.15) is 5.82 Å². The Morgan fingerprint density at radius 3 is 2.72 bits per heavy atom. The molecule has 9 heteroatoms. The van der Waals surface area contributed by atoms with Crippen LogP contribution in [0.3, 0.4) is 0 Å². The fraction of sp³-hybridized carbons (Fsp3) is 0.250. The number of urea groups is 1. The average Bonchev–Trinajstić information content (AvgIpc) is 2.70. The van der Waals surface area contributed by atoms with Crippen LogP contribution < -0.4 is 16.2 Å². The predicted molar refractivity (Wildman–Crippen MR) is 115 cm³/mol. The van der Waals surface area contributed by atoms with E-state index in [1.54, 1.807) is 50.4 Å². The lowest BCUT2D eigenvalue weighted by atomic mass is 10.2. The van der Waals surface area contributed by atoms with E-state index in [4.69, 9.17) is 27.9 Å². The van der Waals surface area contributed by atoms with Crippen LogP contribution in [0, 0.1) is 0 Å². The zero-order chi connectivity index (χ0) is 21.0. The molecule has 1 heterocycles. The van der Waals surface area contributed by atoms with Gasteiger partial charge in [0.25, 0.3) is 5.56 Å². The number of carbonyl (C=O) groups excluding carboxylic acids is 1. The molecule has 0 aliphatic heterocycles.